The van der Waals surface area contributed by atoms with Gasteiger partial charge in [-0.3, -0.25) is 10.1 Å². The Morgan fingerprint density at radius 2 is 2.36 bits per heavy atom. The van der Waals surface area contributed by atoms with Crippen molar-refractivity contribution in [1.82, 2.24) is 0 Å². The molecule has 1 aromatic carbocycles. The van der Waals surface area contributed by atoms with Gasteiger partial charge >= 0.3 is 0 Å². The molecule has 0 amide bonds. The maximum absolute atomic E-state index is 10.5. The van der Waals surface area contributed by atoms with E-state index in [4.69, 9.17) is 4.74 Å². The first-order valence-electron chi connectivity index (χ1n) is 4.19. The van der Waals surface area contributed by atoms with Gasteiger partial charge in [-0.25, -0.2) is 4.99 Å². The highest BCUT2D eigenvalue weighted by molar-refractivity contribution is 5.95. The fourth-order valence-corrected chi connectivity index (χ4v) is 1.26. The van der Waals surface area contributed by atoms with E-state index in [-0.39, 0.29) is 5.69 Å². The Hall–Kier alpha value is -1.91. The topological polar surface area (TPSA) is 64.7 Å². The number of hydrogen-bond donors (Lipinski definition) is 0. The average molecular weight is 192 g/mol. The summed E-state index contributed by atoms with van der Waals surface area (Å²) in [7, 11) is 0. The molecule has 2 rings (SSSR count). The minimum atomic E-state index is -0.432. The first kappa shape index (κ1) is 8.68. The molecule has 72 valence electrons. The van der Waals surface area contributed by atoms with Crippen LogP contribution in [0, 0.1) is 10.1 Å². The molecule has 5 nitrogen and oxygen atoms in total. The lowest BCUT2D eigenvalue weighted by Gasteiger charge is -2.00. The molecule has 5 heteroatoms. The molecular weight excluding hydrogens is 184 g/mol. The predicted molar refractivity (Wildman–Crippen MR) is 50.5 cm³/mol. The normalized spacial score (nSPS) is 14.7. The molecule has 0 fully saturated rings. The summed E-state index contributed by atoms with van der Waals surface area (Å²) in [5.74, 6) is 0.494. The first-order chi connectivity index (χ1) is 6.77. The maximum atomic E-state index is 10.5. The Kier molecular flexibility index (Phi) is 2.14. The van der Waals surface area contributed by atoms with Crippen molar-refractivity contribution in [3.63, 3.8) is 0 Å². The highest BCUT2D eigenvalue weighted by Gasteiger charge is 2.13. The van der Waals surface area contributed by atoms with Gasteiger partial charge in [0, 0.05) is 17.7 Å². The molecule has 14 heavy (non-hydrogen) atoms. The van der Waals surface area contributed by atoms with Gasteiger partial charge in [-0.2, -0.15) is 0 Å². The molecule has 0 atom stereocenters. The molecule has 0 aliphatic carbocycles. The van der Waals surface area contributed by atoms with E-state index in [1.807, 2.05) is 0 Å². The van der Waals surface area contributed by atoms with Gasteiger partial charge in [0.05, 0.1) is 11.5 Å². The van der Waals surface area contributed by atoms with E-state index < -0.39 is 4.92 Å². The van der Waals surface area contributed by atoms with Gasteiger partial charge in [-0.1, -0.05) is 6.07 Å². The SMILES string of the molecule is O=[N+]([O-])c1cccc(C2=NCCO2)c1. The predicted octanol–water partition coefficient (Wildman–Crippen LogP) is 1.37. The zero-order valence-corrected chi connectivity index (χ0v) is 7.34. The van der Waals surface area contributed by atoms with Gasteiger partial charge in [0.25, 0.3) is 5.69 Å². The van der Waals surface area contributed by atoms with Crippen molar-refractivity contribution in [2.45, 2.75) is 0 Å². The standard InChI is InChI=1S/C9H8N2O3/c12-11(13)8-3-1-2-7(6-8)9-10-4-5-14-9/h1-3,6H,4-5H2. The number of rotatable bonds is 2. The summed E-state index contributed by atoms with van der Waals surface area (Å²) in [6.45, 7) is 1.18. The van der Waals surface area contributed by atoms with Crippen LogP contribution in [0.3, 0.4) is 0 Å². The van der Waals surface area contributed by atoms with Crippen LogP contribution in [-0.2, 0) is 4.74 Å². The van der Waals surface area contributed by atoms with Crippen molar-refractivity contribution in [1.29, 1.82) is 0 Å². The minimum Gasteiger partial charge on any atom is -0.476 e. The Balaban J connectivity index is 2.34. The molecule has 1 aromatic rings. The molecule has 0 unspecified atom stereocenters. The second-order valence-corrected chi connectivity index (χ2v) is 2.84. The van der Waals surface area contributed by atoms with E-state index in [9.17, 15) is 10.1 Å². The van der Waals surface area contributed by atoms with E-state index in [0.29, 0.717) is 24.6 Å². The number of nitro groups is 1. The van der Waals surface area contributed by atoms with Gasteiger partial charge in [0.2, 0.25) is 5.90 Å². The number of nitrogens with zero attached hydrogens (tertiary/aromatic N) is 2. The summed E-state index contributed by atoms with van der Waals surface area (Å²) in [5, 5.41) is 10.5. The van der Waals surface area contributed by atoms with Crippen LogP contribution in [0.2, 0.25) is 0 Å². The highest BCUT2D eigenvalue weighted by atomic mass is 16.6. The number of non-ortho nitro benzene ring substituents is 1. The van der Waals surface area contributed by atoms with Crippen molar-refractivity contribution in [3.8, 4) is 0 Å². The van der Waals surface area contributed by atoms with Crippen molar-refractivity contribution in [2.24, 2.45) is 4.99 Å². The van der Waals surface area contributed by atoms with Crippen LogP contribution < -0.4 is 0 Å². The van der Waals surface area contributed by atoms with Gasteiger partial charge in [-0.15, -0.1) is 0 Å². The monoisotopic (exact) mass is 192 g/mol. The molecule has 0 bridgehead atoms. The lowest BCUT2D eigenvalue weighted by Crippen LogP contribution is -2.01. The molecule has 0 aromatic heterocycles. The van der Waals surface area contributed by atoms with Crippen molar-refractivity contribution in [3.05, 3.63) is 39.9 Å². The number of ether oxygens (including phenoxy) is 1. The van der Waals surface area contributed by atoms with Crippen molar-refractivity contribution >= 4 is 11.6 Å². The third kappa shape index (κ3) is 1.56. The molecule has 0 N–H and O–H groups in total. The lowest BCUT2D eigenvalue weighted by atomic mass is 10.2. The summed E-state index contributed by atoms with van der Waals surface area (Å²) < 4.78 is 5.20. The quantitative estimate of drug-likeness (QED) is 0.525. The number of hydrogen-bond acceptors (Lipinski definition) is 4. The molecule has 0 saturated carbocycles. The smallest absolute Gasteiger partial charge is 0.270 e. The van der Waals surface area contributed by atoms with Crippen molar-refractivity contribution < 1.29 is 9.66 Å². The molecule has 1 heterocycles. The van der Waals surface area contributed by atoms with Crippen LogP contribution in [0.5, 0.6) is 0 Å². The Bertz CT molecular complexity index is 401. The summed E-state index contributed by atoms with van der Waals surface area (Å²) in [5.41, 5.74) is 0.720. The third-order valence-corrected chi connectivity index (χ3v) is 1.89. The summed E-state index contributed by atoms with van der Waals surface area (Å²) in [4.78, 5) is 14.1. The second kappa shape index (κ2) is 3.45. The largest absolute Gasteiger partial charge is 0.476 e. The van der Waals surface area contributed by atoms with E-state index >= 15 is 0 Å². The number of aliphatic imine (C=N–C) groups is 1. The first-order valence-corrected chi connectivity index (χ1v) is 4.19. The highest BCUT2D eigenvalue weighted by Crippen LogP contribution is 2.15. The van der Waals surface area contributed by atoms with Gasteiger partial charge in [0.1, 0.15) is 6.61 Å². The summed E-state index contributed by atoms with van der Waals surface area (Å²) in [6, 6.07) is 6.28. The molecule has 1 aliphatic rings. The fraction of sp³-hybridized carbons (Fsp3) is 0.222. The van der Waals surface area contributed by atoms with Crippen LogP contribution in [0.25, 0.3) is 0 Å². The van der Waals surface area contributed by atoms with E-state index in [1.54, 1.807) is 12.1 Å². The van der Waals surface area contributed by atoms with Crippen LogP contribution in [0.15, 0.2) is 29.3 Å². The Labute approximate surface area is 80.2 Å². The minimum absolute atomic E-state index is 0.0562. The van der Waals surface area contributed by atoms with Crippen LogP contribution in [0.4, 0.5) is 5.69 Å². The maximum Gasteiger partial charge on any atom is 0.270 e. The van der Waals surface area contributed by atoms with Crippen molar-refractivity contribution in [2.75, 3.05) is 13.2 Å². The molecule has 1 aliphatic heterocycles. The van der Waals surface area contributed by atoms with Crippen LogP contribution >= 0.6 is 0 Å². The Morgan fingerprint density at radius 1 is 1.50 bits per heavy atom. The molecule has 0 radical (unpaired) electrons. The Morgan fingerprint density at radius 3 is 3.00 bits per heavy atom. The zero-order valence-electron chi connectivity index (χ0n) is 7.34. The molecule has 0 saturated heterocycles. The van der Waals surface area contributed by atoms with E-state index in [2.05, 4.69) is 4.99 Å². The number of nitro benzene ring substituents is 1. The lowest BCUT2D eigenvalue weighted by molar-refractivity contribution is -0.384. The van der Waals surface area contributed by atoms with Gasteiger partial charge in [0.15, 0.2) is 0 Å². The number of benzene rings is 1. The van der Waals surface area contributed by atoms with E-state index in [1.165, 1.54) is 12.1 Å². The molecule has 0 spiro atoms. The van der Waals surface area contributed by atoms with Crippen LogP contribution in [0.1, 0.15) is 5.56 Å². The van der Waals surface area contributed by atoms with Gasteiger partial charge < -0.3 is 4.74 Å². The summed E-state index contributed by atoms with van der Waals surface area (Å²) in [6.07, 6.45) is 0. The fourth-order valence-electron chi connectivity index (χ4n) is 1.26. The second-order valence-electron chi connectivity index (χ2n) is 2.84. The molecular formula is C9H8N2O3. The zero-order chi connectivity index (χ0) is 9.97. The van der Waals surface area contributed by atoms with E-state index in [0.717, 1.165) is 0 Å². The van der Waals surface area contributed by atoms with Gasteiger partial charge in [-0.05, 0) is 6.07 Å². The van der Waals surface area contributed by atoms with Crippen LogP contribution in [-0.4, -0.2) is 24.0 Å². The summed E-state index contributed by atoms with van der Waals surface area (Å²) >= 11 is 0. The third-order valence-electron chi connectivity index (χ3n) is 1.89. The average Bonchev–Trinajstić information content (AvgIpc) is 2.71.